The van der Waals surface area contributed by atoms with Crippen molar-refractivity contribution in [1.82, 2.24) is 0 Å². The maximum absolute atomic E-state index is 11.6. The fourth-order valence-electron chi connectivity index (χ4n) is 1.64. The SMILES string of the molecule is COc1ccc(OC(=O)/C=C\C(=O)Nc2ccccc2)cc1. The van der Waals surface area contributed by atoms with Crippen LogP contribution in [0.4, 0.5) is 5.69 Å². The Labute approximate surface area is 128 Å². The molecular formula is C17H15NO4. The smallest absolute Gasteiger partial charge is 0.336 e. The lowest BCUT2D eigenvalue weighted by Gasteiger charge is -2.03. The molecule has 0 aliphatic rings. The molecule has 22 heavy (non-hydrogen) atoms. The number of benzene rings is 2. The summed E-state index contributed by atoms with van der Waals surface area (Å²) in [6.45, 7) is 0. The number of nitrogens with one attached hydrogen (secondary N) is 1. The van der Waals surface area contributed by atoms with Crippen LogP contribution in [0.25, 0.3) is 0 Å². The first-order valence-corrected chi connectivity index (χ1v) is 6.57. The maximum Gasteiger partial charge on any atom is 0.336 e. The van der Waals surface area contributed by atoms with Crippen molar-refractivity contribution in [3.63, 3.8) is 0 Å². The Hall–Kier alpha value is -3.08. The zero-order valence-corrected chi connectivity index (χ0v) is 12.0. The minimum Gasteiger partial charge on any atom is -0.497 e. The van der Waals surface area contributed by atoms with Gasteiger partial charge in [0.1, 0.15) is 11.5 Å². The number of methoxy groups -OCH3 is 1. The lowest BCUT2D eigenvalue weighted by atomic mass is 10.3. The quantitative estimate of drug-likeness (QED) is 0.523. The lowest BCUT2D eigenvalue weighted by molar-refractivity contribution is -0.129. The third-order valence-corrected chi connectivity index (χ3v) is 2.69. The summed E-state index contributed by atoms with van der Waals surface area (Å²) in [6, 6.07) is 15.5. The molecule has 112 valence electrons. The number of carbonyl (C=O) groups is 2. The first-order valence-electron chi connectivity index (χ1n) is 6.57. The second-order valence-electron chi connectivity index (χ2n) is 4.29. The van der Waals surface area contributed by atoms with Gasteiger partial charge in [-0.25, -0.2) is 4.79 Å². The van der Waals surface area contributed by atoms with Gasteiger partial charge in [-0.3, -0.25) is 4.79 Å². The molecule has 0 unspecified atom stereocenters. The molecule has 0 radical (unpaired) electrons. The summed E-state index contributed by atoms with van der Waals surface area (Å²) in [4.78, 5) is 23.2. The van der Waals surface area contributed by atoms with Crippen molar-refractivity contribution in [3.8, 4) is 11.5 Å². The molecule has 0 saturated heterocycles. The van der Waals surface area contributed by atoms with E-state index in [4.69, 9.17) is 9.47 Å². The Morgan fingerprint density at radius 3 is 2.18 bits per heavy atom. The van der Waals surface area contributed by atoms with Crippen molar-refractivity contribution in [3.05, 3.63) is 66.7 Å². The van der Waals surface area contributed by atoms with Gasteiger partial charge < -0.3 is 14.8 Å². The summed E-state index contributed by atoms with van der Waals surface area (Å²) >= 11 is 0. The normalized spacial score (nSPS) is 10.2. The standard InChI is InChI=1S/C17H15NO4/c1-21-14-7-9-15(10-8-14)22-17(20)12-11-16(19)18-13-5-3-2-4-6-13/h2-12H,1H3,(H,18,19)/b12-11-. The van der Waals surface area contributed by atoms with Gasteiger partial charge in [0, 0.05) is 17.8 Å². The minimum atomic E-state index is -0.631. The molecule has 2 rings (SSSR count). The first kappa shape index (κ1) is 15.3. The highest BCUT2D eigenvalue weighted by molar-refractivity contribution is 6.02. The molecule has 1 N–H and O–H groups in total. The van der Waals surface area contributed by atoms with Crippen LogP contribution >= 0.6 is 0 Å². The minimum absolute atomic E-state index is 0.374. The largest absolute Gasteiger partial charge is 0.497 e. The van der Waals surface area contributed by atoms with Crippen LogP contribution in [0.5, 0.6) is 11.5 Å². The highest BCUT2D eigenvalue weighted by Crippen LogP contribution is 2.17. The molecule has 5 nitrogen and oxygen atoms in total. The average molecular weight is 297 g/mol. The van der Waals surface area contributed by atoms with E-state index in [9.17, 15) is 9.59 Å². The molecule has 0 atom stereocenters. The van der Waals surface area contributed by atoms with E-state index in [1.54, 1.807) is 55.6 Å². The summed E-state index contributed by atoms with van der Waals surface area (Å²) in [7, 11) is 1.55. The van der Waals surface area contributed by atoms with Crippen molar-refractivity contribution in [2.45, 2.75) is 0 Å². The van der Waals surface area contributed by atoms with Crippen LogP contribution in [-0.4, -0.2) is 19.0 Å². The number of hydrogen-bond acceptors (Lipinski definition) is 4. The number of rotatable bonds is 5. The number of anilines is 1. The molecule has 2 aromatic rings. The molecule has 0 heterocycles. The second kappa shape index (κ2) is 7.64. The van der Waals surface area contributed by atoms with E-state index in [1.807, 2.05) is 6.07 Å². The number of esters is 1. The zero-order chi connectivity index (χ0) is 15.8. The van der Waals surface area contributed by atoms with Crippen LogP contribution in [0.1, 0.15) is 0 Å². The highest BCUT2D eigenvalue weighted by Gasteiger charge is 2.03. The van der Waals surface area contributed by atoms with E-state index in [2.05, 4.69) is 5.32 Å². The average Bonchev–Trinajstić information content (AvgIpc) is 2.55. The third-order valence-electron chi connectivity index (χ3n) is 2.69. The van der Waals surface area contributed by atoms with E-state index in [1.165, 1.54) is 0 Å². The molecular weight excluding hydrogens is 282 g/mol. The van der Waals surface area contributed by atoms with E-state index >= 15 is 0 Å². The Balaban J connectivity index is 1.86. The van der Waals surface area contributed by atoms with E-state index < -0.39 is 11.9 Å². The van der Waals surface area contributed by atoms with Gasteiger partial charge in [0.05, 0.1) is 7.11 Å². The molecule has 5 heteroatoms. The number of carbonyl (C=O) groups excluding carboxylic acids is 2. The molecule has 0 aliphatic carbocycles. The number of ether oxygens (including phenoxy) is 2. The monoisotopic (exact) mass is 297 g/mol. The first-order chi connectivity index (χ1) is 10.7. The van der Waals surface area contributed by atoms with Gasteiger partial charge in [-0.1, -0.05) is 18.2 Å². The third kappa shape index (κ3) is 4.79. The Morgan fingerprint density at radius 2 is 1.55 bits per heavy atom. The maximum atomic E-state index is 11.6. The zero-order valence-electron chi connectivity index (χ0n) is 12.0. The Morgan fingerprint density at radius 1 is 0.909 bits per heavy atom. The van der Waals surface area contributed by atoms with Gasteiger partial charge in [0.25, 0.3) is 0 Å². The van der Waals surface area contributed by atoms with Crippen LogP contribution in [-0.2, 0) is 9.59 Å². The Bertz CT molecular complexity index is 663. The van der Waals surface area contributed by atoms with Crippen LogP contribution in [0.15, 0.2) is 66.7 Å². The van der Waals surface area contributed by atoms with Gasteiger partial charge in [0.15, 0.2) is 0 Å². The van der Waals surface area contributed by atoms with E-state index in [0.717, 1.165) is 12.2 Å². The summed E-state index contributed by atoms with van der Waals surface area (Å²) in [5.41, 5.74) is 0.653. The van der Waals surface area contributed by atoms with Gasteiger partial charge >= 0.3 is 5.97 Å². The van der Waals surface area contributed by atoms with Crippen molar-refractivity contribution in [1.29, 1.82) is 0 Å². The summed E-state index contributed by atoms with van der Waals surface area (Å²) in [6.07, 6.45) is 2.20. The van der Waals surface area contributed by atoms with E-state index in [-0.39, 0.29) is 0 Å². The van der Waals surface area contributed by atoms with Gasteiger partial charge in [-0.15, -0.1) is 0 Å². The molecule has 1 amide bonds. The molecule has 2 aromatic carbocycles. The van der Waals surface area contributed by atoms with Crippen molar-refractivity contribution >= 4 is 17.6 Å². The van der Waals surface area contributed by atoms with Gasteiger partial charge in [0.2, 0.25) is 5.91 Å². The summed E-state index contributed by atoms with van der Waals surface area (Å²) < 4.78 is 10.1. The topological polar surface area (TPSA) is 64.6 Å². The molecule has 0 saturated carbocycles. The number of para-hydroxylation sites is 1. The summed E-state index contributed by atoms with van der Waals surface area (Å²) in [5.74, 6) is 0.00255. The van der Waals surface area contributed by atoms with Crippen molar-refractivity contribution < 1.29 is 19.1 Å². The van der Waals surface area contributed by atoms with Crippen LogP contribution in [0, 0.1) is 0 Å². The second-order valence-corrected chi connectivity index (χ2v) is 4.29. The molecule has 0 fully saturated rings. The molecule has 0 spiro atoms. The van der Waals surface area contributed by atoms with Gasteiger partial charge in [-0.05, 0) is 36.4 Å². The van der Waals surface area contributed by atoms with Gasteiger partial charge in [-0.2, -0.15) is 0 Å². The lowest BCUT2D eigenvalue weighted by Crippen LogP contribution is -2.10. The number of hydrogen-bond donors (Lipinski definition) is 1. The molecule has 0 aliphatic heterocycles. The fourth-order valence-corrected chi connectivity index (χ4v) is 1.64. The number of amides is 1. The predicted octanol–water partition coefficient (Wildman–Crippen LogP) is 2.80. The fraction of sp³-hybridized carbons (Fsp3) is 0.0588. The Kier molecular flexibility index (Phi) is 5.31. The highest BCUT2D eigenvalue weighted by atomic mass is 16.5. The van der Waals surface area contributed by atoms with Crippen LogP contribution < -0.4 is 14.8 Å². The molecule has 0 aromatic heterocycles. The van der Waals surface area contributed by atoms with Crippen molar-refractivity contribution in [2.75, 3.05) is 12.4 Å². The molecule has 0 bridgehead atoms. The van der Waals surface area contributed by atoms with Crippen LogP contribution in [0.2, 0.25) is 0 Å². The van der Waals surface area contributed by atoms with E-state index in [0.29, 0.717) is 17.2 Å². The predicted molar refractivity (Wildman–Crippen MR) is 82.8 cm³/mol. The van der Waals surface area contributed by atoms with Crippen molar-refractivity contribution in [2.24, 2.45) is 0 Å². The van der Waals surface area contributed by atoms with Crippen LogP contribution in [0.3, 0.4) is 0 Å². The summed E-state index contributed by atoms with van der Waals surface area (Å²) in [5, 5.41) is 2.63.